The lowest BCUT2D eigenvalue weighted by atomic mass is 10.2. The van der Waals surface area contributed by atoms with Crippen molar-refractivity contribution in [1.29, 1.82) is 0 Å². The van der Waals surface area contributed by atoms with Gasteiger partial charge in [-0.05, 0) is 18.6 Å². The first-order valence-corrected chi connectivity index (χ1v) is 9.20. The molecule has 25 heavy (non-hydrogen) atoms. The van der Waals surface area contributed by atoms with Crippen molar-refractivity contribution in [2.45, 2.75) is 19.8 Å². The number of aliphatic imine (C=N–C) groups is 1. The number of hydrogen-bond donors (Lipinski definition) is 1. The van der Waals surface area contributed by atoms with E-state index in [0.29, 0.717) is 0 Å². The Morgan fingerprint density at radius 1 is 1.20 bits per heavy atom. The first-order valence-electron chi connectivity index (χ1n) is 9.20. The predicted octanol–water partition coefficient (Wildman–Crippen LogP) is 2.21. The number of unbranched alkanes of at least 4 members (excludes halogenated alkanes) is 1. The lowest BCUT2D eigenvalue weighted by Crippen LogP contribution is -2.53. The third-order valence-corrected chi connectivity index (χ3v) is 4.38. The van der Waals surface area contributed by atoms with Crippen molar-refractivity contribution < 1.29 is 9.47 Å². The molecule has 0 atom stereocenters. The molecule has 6 nitrogen and oxygen atoms in total. The topological polar surface area (TPSA) is 49.3 Å². The average molecular weight is 348 g/mol. The van der Waals surface area contributed by atoms with Crippen LogP contribution in [0.3, 0.4) is 0 Å². The van der Waals surface area contributed by atoms with Gasteiger partial charge in [0.25, 0.3) is 0 Å². The summed E-state index contributed by atoms with van der Waals surface area (Å²) in [6, 6.07) is 8.25. The number of piperazine rings is 1. The van der Waals surface area contributed by atoms with Crippen molar-refractivity contribution in [2.24, 2.45) is 4.99 Å². The minimum absolute atomic E-state index is 0.725. The monoisotopic (exact) mass is 348 g/mol. The van der Waals surface area contributed by atoms with Crippen LogP contribution in [-0.2, 0) is 4.74 Å². The van der Waals surface area contributed by atoms with E-state index in [2.05, 4.69) is 39.2 Å². The summed E-state index contributed by atoms with van der Waals surface area (Å²) < 4.78 is 10.9. The smallest absolute Gasteiger partial charge is 0.193 e. The van der Waals surface area contributed by atoms with Gasteiger partial charge in [0, 0.05) is 58.1 Å². The maximum atomic E-state index is 5.60. The van der Waals surface area contributed by atoms with Gasteiger partial charge in [0.1, 0.15) is 5.75 Å². The highest BCUT2D eigenvalue weighted by Crippen LogP contribution is 2.22. The second-order valence-electron chi connectivity index (χ2n) is 6.12. The van der Waals surface area contributed by atoms with E-state index in [0.717, 1.165) is 64.1 Å². The molecule has 1 aromatic rings. The van der Waals surface area contributed by atoms with Crippen LogP contribution in [0.15, 0.2) is 29.3 Å². The highest BCUT2D eigenvalue weighted by atomic mass is 16.5. The number of benzene rings is 1. The number of methoxy groups -OCH3 is 1. The molecule has 0 amide bonds. The van der Waals surface area contributed by atoms with Crippen LogP contribution < -0.4 is 15.0 Å². The zero-order valence-corrected chi connectivity index (χ0v) is 15.8. The Morgan fingerprint density at radius 3 is 2.68 bits per heavy atom. The van der Waals surface area contributed by atoms with Gasteiger partial charge >= 0.3 is 0 Å². The van der Waals surface area contributed by atoms with Crippen LogP contribution in [0.4, 0.5) is 5.69 Å². The van der Waals surface area contributed by atoms with Gasteiger partial charge in [0.2, 0.25) is 0 Å². The summed E-state index contributed by atoms with van der Waals surface area (Å²) >= 11 is 0. The van der Waals surface area contributed by atoms with Gasteiger partial charge in [-0.3, -0.25) is 4.99 Å². The molecule has 1 N–H and O–H groups in total. The van der Waals surface area contributed by atoms with E-state index in [4.69, 9.17) is 9.47 Å². The Balaban J connectivity index is 1.75. The molecule has 1 aromatic carbocycles. The van der Waals surface area contributed by atoms with Crippen molar-refractivity contribution in [3.63, 3.8) is 0 Å². The van der Waals surface area contributed by atoms with Crippen LogP contribution in [0.2, 0.25) is 0 Å². The van der Waals surface area contributed by atoms with Crippen LogP contribution in [0.25, 0.3) is 0 Å². The van der Waals surface area contributed by atoms with Gasteiger partial charge in [0.15, 0.2) is 5.96 Å². The molecule has 1 saturated heterocycles. The number of nitrogens with zero attached hydrogens (tertiary/aromatic N) is 3. The van der Waals surface area contributed by atoms with Crippen molar-refractivity contribution in [2.75, 3.05) is 65.0 Å². The zero-order chi connectivity index (χ0) is 17.9. The quantitative estimate of drug-likeness (QED) is 0.443. The summed E-state index contributed by atoms with van der Waals surface area (Å²) in [5.74, 6) is 1.87. The number of hydrogen-bond acceptors (Lipinski definition) is 4. The summed E-state index contributed by atoms with van der Waals surface area (Å²) in [6.45, 7) is 8.39. The molecule has 1 heterocycles. The zero-order valence-electron chi connectivity index (χ0n) is 15.8. The Hall–Kier alpha value is -1.95. The van der Waals surface area contributed by atoms with E-state index >= 15 is 0 Å². The molecule has 1 fully saturated rings. The molecule has 140 valence electrons. The molecule has 0 aromatic heterocycles. The van der Waals surface area contributed by atoms with E-state index in [1.165, 1.54) is 12.1 Å². The molecule has 2 rings (SSSR count). The SMILES string of the molecule is CCCCOCCNC(=NC)N1CCN(c2cccc(OC)c2)CC1. The van der Waals surface area contributed by atoms with Gasteiger partial charge in [0.05, 0.1) is 13.7 Å². The van der Waals surface area contributed by atoms with E-state index in [9.17, 15) is 0 Å². The van der Waals surface area contributed by atoms with Crippen molar-refractivity contribution in [3.8, 4) is 5.75 Å². The molecule has 0 bridgehead atoms. The molecule has 0 radical (unpaired) electrons. The van der Waals surface area contributed by atoms with E-state index in [1.807, 2.05) is 19.2 Å². The lowest BCUT2D eigenvalue weighted by molar-refractivity contribution is 0.135. The van der Waals surface area contributed by atoms with Gasteiger partial charge in [-0.1, -0.05) is 19.4 Å². The molecule has 1 aliphatic rings. The lowest BCUT2D eigenvalue weighted by Gasteiger charge is -2.37. The highest BCUT2D eigenvalue weighted by Gasteiger charge is 2.19. The van der Waals surface area contributed by atoms with E-state index in [1.54, 1.807) is 7.11 Å². The maximum Gasteiger partial charge on any atom is 0.193 e. The Kier molecular flexibility index (Phi) is 8.39. The first-order chi connectivity index (χ1) is 12.3. The summed E-state index contributed by atoms with van der Waals surface area (Å²) in [4.78, 5) is 9.11. The fourth-order valence-electron chi connectivity index (χ4n) is 2.90. The third-order valence-electron chi connectivity index (χ3n) is 4.38. The summed E-state index contributed by atoms with van der Waals surface area (Å²) in [5.41, 5.74) is 1.21. The fourth-order valence-corrected chi connectivity index (χ4v) is 2.90. The second-order valence-corrected chi connectivity index (χ2v) is 6.12. The predicted molar refractivity (Wildman–Crippen MR) is 104 cm³/mol. The minimum atomic E-state index is 0.725. The Bertz CT molecular complexity index is 528. The third kappa shape index (κ3) is 6.12. The molecule has 6 heteroatoms. The second kappa shape index (κ2) is 10.8. The van der Waals surface area contributed by atoms with Crippen LogP contribution in [0.5, 0.6) is 5.75 Å². The summed E-state index contributed by atoms with van der Waals surface area (Å²) in [5, 5.41) is 3.40. The van der Waals surface area contributed by atoms with Crippen LogP contribution in [0.1, 0.15) is 19.8 Å². The molecule has 1 aliphatic heterocycles. The van der Waals surface area contributed by atoms with Crippen LogP contribution in [0, 0.1) is 0 Å². The minimum Gasteiger partial charge on any atom is -0.497 e. The number of rotatable bonds is 8. The molecule has 0 spiro atoms. The van der Waals surface area contributed by atoms with Crippen molar-refractivity contribution in [3.05, 3.63) is 24.3 Å². The molecule has 0 aliphatic carbocycles. The number of anilines is 1. The van der Waals surface area contributed by atoms with Crippen LogP contribution >= 0.6 is 0 Å². The largest absolute Gasteiger partial charge is 0.497 e. The van der Waals surface area contributed by atoms with Gasteiger partial charge in [-0.2, -0.15) is 0 Å². The standard InChI is InChI=1S/C19H32N4O2/c1-4-5-14-25-15-9-21-19(20-2)23-12-10-22(11-13-23)17-7-6-8-18(16-17)24-3/h6-8,16H,4-5,9-15H2,1-3H3,(H,20,21). The number of nitrogens with one attached hydrogen (secondary N) is 1. The van der Waals surface area contributed by atoms with E-state index < -0.39 is 0 Å². The Morgan fingerprint density at radius 2 is 2.00 bits per heavy atom. The van der Waals surface area contributed by atoms with Crippen LogP contribution in [-0.4, -0.2) is 71.0 Å². The van der Waals surface area contributed by atoms with Crippen molar-refractivity contribution >= 4 is 11.6 Å². The molecule has 0 saturated carbocycles. The van der Waals surface area contributed by atoms with Crippen molar-refractivity contribution in [1.82, 2.24) is 10.2 Å². The van der Waals surface area contributed by atoms with Gasteiger partial charge < -0.3 is 24.6 Å². The number of guanidine groups is 1. The maximum absolute atomic E-state index is 5.60. The Labute approximate surface area is 151 Å². The van der Waals surface area contributed by atoms with Gasteiger partial charge in [-0.15, -0.1) is 0 Å². The fraction of sp³-hybridized carbons (Fsp3) is 0.632. The molecular weight excluding hydrogens is 316 g/mol. The van der Waals surface area contributed by atoms with Gasteiger partial charge in [-0.25, -0.2) is 0 Å². The molecule has 0 unspecified atom stereocenters. The average Bonchev–Trinajstić information content (AvgIpc) is 2.68. The normalized spacial score (nSPS) is 15.4. The first kappa shape index (κ1) is 19.4. The molecular formula is C19H32N4O2. The number of ether oxygens (including phenoxy) is 2. The van der Waals surface area contributed by atoms with E-state index in [-0.39, 0.29) is 0 Å². The summed E-state index contributed by atoms with van der Waals surface area (Å²) in [6.07, 6.45) is 2.30. The highest BCUT2D eigenvalue weighted by molar-refractivity contribution is 5.80. The summed E-state index contributed by atoms with van der Waals surface area (Å²) in [7, 11) is 3.55.